The van der Waals surface area contributed by atoms with E-state index >= 15 is 0 Å². The van der Waals surface area contributed by atoms with Crippen LogP contribution in [0.3, 0.4) is 0 Å². The predicted octanol–water partition coefficient (Wildman–Crippen LogP) is 2.37. The number of aromatic amines is 1. The minimum absolute atomic E-state index is 0.181. The van der Waals surface area contributed by atoms with Crippen molar-refractivity contribution in [3.63, 3.8) is 0 Å². The number of nitrogens with zero attached hydrogens (tertiary/aromatic N) is 3. The second kappa shape index (κ2) is 6.18. The van der Waals surface area contributed by atoms with E-state index in [9.17, 15) is 5.11 Å². The Bertz CT molecular complexity index is 852. The molecule has 6 heteroatoms. The SMILES string of the molecule is CC[C@@H]1C[C@H](N)C[C@@H]1c1nc(CCCO)c2cnc3[nH]ccc3n12. The summed E-state index contributed by atoms with van der Waals surface area (Å²) in [6.07, 6.45) is 8.50. The lowest BCUT2D eigenvalue weighted by atomic mass is 9.93. The molecular formula is C18H25N5O. The third-order valence-corrected chi connectivity index (χ3v) is 5.43. The molecule has 1 aliphatic rings. The van der Waals surface area contributed by atoms with Gasteiger partial charge in [-0.15, -0.1) is 0 Å². The van der Waals surface area contributed by atoms with Gasteiger partial charge in [0, 0.05) is 24.8 Å². The first-order valence-electron chi connectivity index (χ1n) is 8.92. The standard InChI is InChI=1S/C18H25N5O/c1-2-11-8-12(19)9-13(11)18-22-14(4-3-7-24)16-10-21-17-15(23(16)18)5-6-20-17/h5-6,10-13,20,24H,2-4,7-9,19H2,1H3/t11-,12+,13+/m1/s1. The van der Waals surface area contributed by atoms with Crippen molar-refractivity contribution in [1.82, 2.24) is 19.4 Å². The second-order valence-electron chi connectivity index (χ2n) is 6.94. The summed E-state index contributed by atoms with van der Waals surface area (Å²) in [5.74, 6) is 2.09. The summed E-state index contributed by atoms with van der Waals surface area (Å²) < 4.78 is 2.26. The Morgan fingerprint density at radius 2 is 2.25 bits per heavy atom. The molecule has 1 aliphatic carbocycles. The maximum Gasteiger partial charge on any atom is 0.154 e. The third kappa shape index (κ3) is 2.41. The summed E-state index contributed by atoms with van der Waals surface area (Å²) in [5.41, 5.74) is 10.3. The van der Waals surface area contributed by atoms with Crippen molar-refractivity contribution in [3.05, 3.63) is 30.0 Å². The first kappa shape index (κ1) is 15.6. The van der Waals surface area contributed by atoms with Gasteiger partial charge >= 0.3 is 0 Å². The molecule has 4 rings (SSSR count). The number of rotatable bonds is 5. The van der Waals surface area contributed by atoms with Gasteiger partial charge in [0.15, 0.2) is 5.65 Å². The van der Waals surface area contributed by atoms with Crippen molar-refractivity contribution < 1.29 is 5.11 Å². The molecule has 1 fully saturated rings. The van der Waals surface area contributed by atoms with Crippen molar-refractivity contribution in [1.29, 1.82) is 0 Å². The first-order valence-corrected chi connectivity index (χ1v) is 8.92. The Hall–Kier alpha value is -1.92. The molecule has 3 aromatic rings. The Labute approximate surface area is 141 Å². The topological polar surface area (TPSA) is 92.2 Å². The quantitative estimate of drug-likeness (QED) is 0.671. The van der Waals surface area contributed by atoms with Crippen molar-refractivity contribution in [2.75, 3.05) is 6.61 Å². The number of nitrogens with one attached hydrogen (secondary N) is 1. The lowest BCUT2D eigenvalue weighted by Crippen LogP contribution is -2.15. The molecule has 0 radical (unpaired) electrons. The van der Waals surface area contributed by atoms with Crippen LogP contribution in [0.5, 0.6) is 0 Å². The minimum atomic E-state index is 0.181. The van der Waals surface area contributed by atoms with Crippen LogP contribution in [-0.2, 0) is 6.42 Å². The van der Waals surface area contributed by atoms with Crippen LogP contribution in [0, 0.1) is 5.92 Å². The molecule has 1 saturated carbocycles. The maximum atomic E-state index is 9.20. The van der Waals surface area contributed by atoms with Crippen molar-refractivity contribution in [2.45, 2.75) is 51.0 Å². The molecule has 0 aliphatic heterocycles. The molecule has 24 heavy (non-hydrogen) atoms. The van der Waals surface area contributed by atoms with Gasteiger partial charge < -0.3 is 15.8 Å². The van der Waals surface area contributed by atoms with Gasteiger partial charge in [-0.05, 0) is 37.7 Å². The average molecular weight is 327 g/mol. The highest BCUT2D eigenvalue weighted by Gasteiger charge is 2.35. The third-order valence-electron chi connectivity index (χ3n) is 5.43. The highest BCUT2D eigenvalue weighted by Crippen LogP contribution is 2.41. The van der Waals surface area contributed by atoms with E-state index in [1.165, 1.54) is 0 Å². The number of fused-ring (bicyclic) bond motifs is 3. The van der Waals surface area contributed by atoms with Crippen LogP contribution in [0.25, 0.3) is 16.7 Å². The van der Waals surface area contributed by atoms with Gasteiger partial charge in [-0.25, -0.2) is 9.97 Å². The van der Waals surface area contributed by atoms with E-state index in [0.29, 0.717) is 11.8 Å². The number of hydrogen-bond donors (Lipinski definition) is 3. The second-order valence-corrected chi connectivity index (χ2v) is 6.94. The predicted molar refractivity (Wildman–Crippen MR) is 94.0 cm³/mol. The fraction of sp³-hybridized carbons (Fsp3) is 0.556. The number of aliphatic hydroxyl groups excluding tert-OH is 1. The van der Waals surface area contributed by atoms with Crippen LogP contribution in [-0.4, -0.2) is 37.1 Å². The fourth-order valence-corrected chi connectivity index (χ4v) is 4.26. The molecule has 3 aromatic heterocycles. The number of hydrogen-bond acceptors (Lipinski definition) is 4. The van der Waals surface area contributed by atoms with E-state index in [4.69, 9.17) is 10.7 Å². The van der Waals surface area contributed by atoms with Crippen LogP contribution < -0.4 is 5.73 Å². The van der Waals surface area contributed by atoms with Crippen molar-refractivity contribution in [2.24, 2.45) is 11.7 Å². The molecule has 6 nitrogen and oxygen atoms in total. The van der Waals surface area contributed by atoms with E-state index in [1.807, 2.05) is 12.4 Å². The van der Waals surface area contributed by atoms with Crippen LogP contribution in [0.2, 0.25) is 0 Å². The molecule has 3 atom stereocenters. The largest absolute Gasteiger partial charge is 0.396 e. The summed E-state index contributed by atoms with van der Waals surface area (Å²) in [4.78, 5) is 12.7. The van der Waals surface area contributed by atoms with Gasteiger partial charge in [0.2, 0.25) is 0 Å². The zero-order chi connectivity index (χ0) is 16.7. The molecule has 128 valence electrons. The zero-order valence-electron chi connectivity index (χ0n) is 14.1. The Balaban J connectivity index is 1.91. The first-order chi connectivity index (χ1) is 11.7. The number of aryl methyl sites for hydroxylation is 1. The molecule has 0 unspecified atom stereocenters. The number of aromatic nitrogens is 4. The van der Waals surface area contributed by atoms with Crippen LogP contribution in [0.4, 0.5) is 0 Å². The molecule has 4 N–H and O–H groups in total. The summed E-state index contributed by atoms with van der Waals surface area (Å²) in [5, 5.41) is 9.20. The van der Waals surface area contributed by atoms with Crippen LogP contribution in [0.1, 0.15) is 50.0 Å². The van der Waals surface area contributed by atoms with Crippen molar-refractivity contribution in [3.8, 4) is 0 Å². The lowest BCUT2D eigenvalue weighted by molar-refractivity contribution is 0.288. The van der Waals surface area contributed by atoms with E-state index in [-0.39, 0.29) is 12.6 Å². The molecule has 3 heterocycles. The molecular weight excluding hydrogens is 302 g/mol. The van der Waals surface area contributed by atoms with Gasteiger partial charge in [0.05, 0.1) is 22.9 Å². The molecule has 0 bridgehead atoms. The smallest absolute Gasteiger partial charge is 0.154 e. The van der Waals surface area contributed by atoms with Gasteiger partial charge in [-0.3, -0.25) is 4.40 Å². The number of H-pyrrole nitrogens is 1. The van der Waals surface area contributed by atoms with Gasteiger partial charge in [0.1, 0.15) is 5.82 Å². The normalized spacial score (nSPS) is 24.4. The van der Waals surface area contributed by atoms with Gasteiger partial charge in [-0.2, -0.15) is 0 Å². The highest BCUT2D eigenvalue weighted by atomic mass is 16.2. The van der Waals surface area contributed by atoms with E-state index in [0.717, 1.165) is 60.3 Å². The molecule has 0 spiro atoms. The Morgan fingerprint density at radius 1 is 1.38 bits per heavy atom. The van der Waals surface area contributed by atoms with Gasteiger partial charge in [-0.1, -0.05) is 13.3 Å². The number of aliphatic hydroxyl groups is 1. The number of nitrogens with two attached hydrogens (primary N) is 1. The van der Waals surface area contributed by atoms with E-state index in [1.54, 1.807) is 0 Å². The highest BCUT2D eigenvalue weighted by molar-refractivity contribution is 5.76. The minimum Gasteiger partial charge on any atom is -0.396 e. The van der Waals surface area contributed by atoms with Crippen molar-refractivity contribution >= 4 is 16.7 Å². The molecule has 0 amide bonds. The maximum absolute atomic E-state index is 9.20. The lowest BCUT2D eigenvalue weighted by Gasteiger charge is -2.17. The molecule has 0 aromatic carbocycles. The summed E-state index contributed by atoms with van der Waals surface area (Å²) in [7, 11) is 0. The monoisotopic (exact) mass is 327 g/mol. The fourth-order valence-electron chi connectivity index (χ4n) is 4.26. The van der Waals surface area contributed by atoms with E-state index in [2.05, 4.69) is 27.4 Å². The Morgan fingerprint density at radius 3 is 3.04 bits per heavy atom. The average Bonchev–Trinajstić information content (AvgIpc) is 3.27. The van der Waals surface area contributed by atoms with E-state index < -0.39 is 0 Å². The zero-order valence-corrected chi connectivity index (χ0v) is 14.1. The molecule has 0 saturated heterocycles. The van der Waals surface area contributed by atoms with Crippen LogP contribution in [0.15, 0.2) is 18.5 Å². The Kier molecular flexibility index (Phi) is 4.02. The summed E-state index contributed by atoms with van der Waals surface area (Å²) in [6.45, 7) is 2.42. The van der Waals surface area contributed by atoms with Gasteiger partial charge in [0.25, 0.3) is 0 Å². The summed E-state index contributed by atoms with van der Waals surface area (Å²) in [6, 6.07) is 2.32. The van der Waals surface area contributed by atoms with Crippen LogP contribution >= 0.6 is 0 Å². The number of imidazole rings is 1. The summed E-state index contributed by atoms with van der Waals surface area (Å²) >= 11 is 0.